The fraction of sp³-hybridized carbons (Fsp3) is 0.464. The largest absolute Gasteiger partial charge is 0.508 e. The Morgan fingerprint density at radius 3 is 2.21 bits per heavy atom. The van der Waals surface area contributed by atoms with Crippen molar-refractivity contribution < 1.29 is 69.0 Å². The van der Waals surface area contributed by atoms with Crippen LogP contribution in [-0.4, -0.2) is 116 Å². The fourth-order valence-electron chi connectivity index (χ4n) is 5.02. The van der Waals surface area contributed by atoms with Gasteiger partial charge in [-0.3, -0.25) is 4.79 Å². The maximum absolute atomic E-state index is 13.0. The van der Waals surface area contributed by atoms with Crippen LogP contribution in [0.5, 0.6) is 23.0 Å². The number of methoxy groups -OCH3 is 1. The van der Waals surface area contributed by atoms with Crippen LogP contribution in [0.15, 0.2) is 45.6 Å². The minimum Gasteiger partial charge on any atom is -0.508 e. The number of hydrogen-bond donors (Lipinski definition) is 8. The van der Waals surface area contributed by atoms with Gasteiger partial charge in [0.15, 0.2) is 29.3 Å². The Morgan fingerprint density at radius 2 is 1.56 bits per heavy atom. The highest BCUT2D eigenvalue weighted by molar-refractivity contribution is 5.89. The van der Waals surface area contributed by atoms with Crippen LogP contribution < -0.4 is 14.9 Å². The maximum Gasteiger partial charge on any atom is 0.229 e. The van der Waals surface area contributed by atoms with Gasteiger partial charge in [0.25, 0.3) is 0 Å². The molecule has 0 radical (unpaired) electrons. The van der Waals surface area contributed by atoms with Crippen LogP contribution in [0.1, 0.15) is 6.92 Å². The van der Waals surface area contributed by atoms with E-state index < -0.39 is 79.2 Å². The zero-order valence-corrected chi connectivity index (χ0v) is 22.9. The van der Waals surface area contributed by atoms with Crippen LogP contribution >= 0.6 is 0 Å². The van der Waals surface area contributed by atoms with Gasteiger partial charge < -0.3 is 69.0 Å². The molecule has 234 valence electrons. The molecule has 2 aliphatic rings. The Kier molecular flexibility index (Phi) is 8.80. The van der Waals surface area contributed by atoms with Crippen LogP contribution in [0, 0.1) is 0 Å². The average molecular weight is 609 g/mol. The van der Waals surface area contributed by atoms with Gasteiger partial charge in [0, 0.05) is 17.7 Å². The molecule has 8 N–H and O–H groups in total. The zero-order chi connectivity index (χ0) is 31.2. The first-order chi connectivity index (χ1) is 20.4. The molecular formula is C28H32O15. The van der Waals surface area contributed by atoms with Gasteiger partial charge in [-0.1, -0.05) is 0 Å². The van der Waals surface area contributed by atoms with E-state index in [9.17, 15) is 45.6 Å². The Labute approximate surface area is 243 Å². The predicted octanol–water partition coefficient (Wildman–Crippen LogP) is -1.09. The molecule has 2 fully saturated rings. The lowest BCUT2D eigenvalue weighted by molar-refractivity contribution is -0.354. The van der Waals surface area contributed by atoms with Gasteiger partial charge in [-0.2, -0.15) is 0 Å². The highest BCUT2D eigenvalue weighted by Crippen LogP contribution is 2.44. The standard InChI is InChI=1S/C28H32O15/c1-10-19(32)22(35)24(37)27(39-10)43-26-23(36)20(33)17(9-29)42-28(26)41-16-8-15-18(21(34)25(16)38-2)13(31)7-14(40-15)11-3-5-12(30)6-4-11/h3-8,10,17,19-20,22-24,26-30,32-37H,9H2,1-2H3. The van der Waals surface area contributed by atoms with E-state index in [0.717, 1.165) is 6.07 Å². The molecule has 2 aromatic carbocycles. The fourth-order valence-corrected chi connectivity index (χ4v) is 5.02. The Bertz CT molecular complexity index is 1490. The van der Waals surface area contributed by atoms with E-state index in [0.29, 0.717) is 5.56 Å². The summed E-state index contributed by atoms with van der Waals surface area (Å²) in [6, 6.07) is 8.17. The molecule has 0 aliphatic carbocycles. The van der Waals surface area contributed by atoms with Gasteiger partial charge >= 0.3 is 0 Å². The van der Waals surface area contributed by atoms with E-state index in [4.69, 9.17) is 28.1 Å². The summed E-state index contributed by atoms with van der Waals surface area (Å²) in [5.41, 5.74) is -0.332. The van der Waals surface area contributed by atoms with Crippen LogP contribution in [0.4, 0.5) is 0 Å². The van der Waals surface area contributed by atoms with Crippen molar-refractivity contribution >= 4 is 11.0 Å². The van der Waals surface area contributed by atoms with Gasteiger partial charge in [0.05, 0.1) is 19.8 Å². The second-order valence-corrected chi connectivity index (χ2v) is 10.3. The summed E-state index contributed by atoms with van der Waals surface area (Å²) in [5, 5.41) is 82.1. The zero-order valence-electron chi connectivity index (χ0n) is 22.9. The molecule has 1 aromatic heterocycles. The number of phenols is 2. The third-order valence-corrected chi connectivity index (χ3v) is 7.44. The van der Waals surface area contributed by atoms with Gasteiger partial charge in [-0.25, -0.2) is 0 Å². The highest BCUT2D eigenvalue weighted by atomic mass is 16.8. The lowest BCUT2D eigenvalue weighted by atomic mass is 9.97. The summed E-state index contributed by atoms with van der Waals surface area (Å²) >= 11 is 0. The van der Waals surface area contributed by atoms with Crippen LogP contribution in [0.2, 0.25) is 0 Å². The number of phenolic OH excluding ortho intramolecular Hbond substituents is 2. The third kappa shape index (κ3) is 5.74. The third-order valence-electron chi connectivity index (χ3n) is 7.44. The Balaban J connectivity index is 1.54. The second kappa shape index (κ2) is 12.2. The first-order valence-electron chi connectivity index (χ1n) is 13.3. The lowest BCUT2D eigenvalue weighted by Crippen LogP contribution is -2.64. The van der Waals surface area contributed by atoms with Gasteiger partial charge in [0.1, 0.15) is 59.1 Å². The van der Waals surface area contributed by atoms with Crippen molar-refractivity contribution in [3.05, 3.63) is 46.6 Å². The monoisotopic (exact) mass is 608 g/mol. The highest BCUT2D eigenvalue weighted by Gasteiger charge is 2.51. The molecule has 10 atom stereocenters. The van der Waals surface area contributed by atoms with Crippen LogP contribution in [0.3, 0.4) is 0 Å². The number of benzene rings is 2. The van der Waals surface area contributed by atoms with Crippen molar-refractivity contribution in [1.82, 2.24) is 0 Å². The molecule has 2 saturated heterocycles. The number of ether oxygens (including phenoxy) is 5. The second-order valence-electron chi connectivity index (χ2n) is 10.3. The minimum absolute atomic E-state index is 0.00557. The van der Waals surface area contributed by atoms with Crippen LogP contribution in [-0.2, 0) is 14.2 Å². The number of aliphatic hydroxyl groups is 6. The summed E-state index contributed by atoms with van der Waals surface area (Å²) in [6.45, 7) is 0.664. The summed E-state index contributed by atoms with van der Waals surface area (Å²) in [7, 11) is 1.19. The van der Waals surface area contributed by atoms with Crippen molar-refractivity contribution in [1.29, 1.82) is 0 Å². The first kappa shape index (κ1) is 30.9. The first-order valence-corrected chi connectivity index (χ1v) is 13.3. The number of hydrogen-bond acceptors (Lipinski definition) is 15. The summed E-state index contributed by atoms with van der Waals surface area (Å²) in [4.78, 5) is 13.0. The molecule has 43 heavy (non-hydrogen) atoms. The van der Waals surface area contributed by atoms with Gasteiger partial charge in [-0.05, 0) is 31.2 Å². The van der Waals surface area contributed by atoms with Crippen LogP contribution in [0.25, 0.3) is 22.3 Å². The Morgan fingerprint density at radius 1 is 0.860 bits per heavy atom. The molecular weight excluding hydrogens is 576 g/mol. The van der Waals surface area contributed by atoms with Crippen molar-refractivity contribution in [2.75, 3.05) is 13.7 Å². The molecule has 0 spiro atoms. The predicted molar refractivity (Wildman–Crippen MR) is 143 cm³/mol. The van der Waals surface area contributed by atoms with Crippen molar-refractivity contribution in [3.8, 4) is 34.3 Å². The Hall–Kier alpha value is -3.51. The van der Waals surface area contributed by atoms with E-state index in [1.807, 2.05) is 0 Å². The van der Waals surface area contributed by atoms with E-state index in [1.54, 1.807) is 0 Å². The minimum atomic E-state index is -1.80. The molecule has 2 aliphatic heterocycles. The van der Waals surface area contributed by atoms with E-state index >= 15 is 0 Å². The van der Waals surface area contributed by atoms with E-state index in [2.05, 4.69) is 0 Å². The molecule has 5 rings (SSSR count). The number of fused-ring (bicyclic) bond motifs is 1. The van der Waals surface area contributed by atoms with Crippen molar-refractivity contribution in [2.24, 2.45) is 0 Å². The summed E-state index contributed by atoms with van der Waals surface area (Å²) < 4.78 is 33.9. The molecule has 10 unspecified atom stereocenters. The molecule has 15 heteroatoms. The molecule has 0 saturated carbocycles. The van der Waals surface area contributed by atoms with Gasteiger partial charge in [0.2, 0.25) is 12.0 Å². The number of aromatic hydroxyl groups is 2. The molecule has 3 heterocycles. The van der Waals surface area contributed by atoms with Gasteiger partial charge in [-0.15, -0.1) is 0 Å². The number of aliphatic hydroxyl groups excluding tert-OH is 6. The number of rotatable bonds is 7. The molecule has 0 bridgehead atoms. The maximum atomic E-state index is 13.0. The molecule has 0 amide bonds. The summed E-state index contributed by atoms with van der Waals surface area (Å²) in [6.07, 6.45) is -15.7. The smallest absolute Gasteiger partial charge is 0.229 e. The average Bonchev–Trinajstić information content (AvgIpc) is 2.98. The summed E-state index contributed by atoms with van der Waals surface area (Å²) in [5.74, 6) is -1.16. The van der Waals surface area contributed by atoms with E-state index in [-0.39, 0.29) is 34.0 Å². The van der Waals surface area contributed by atoms with E-state index in [1.165, 1.54) is 44.4 Å². The molecule has 15 nitrogen and oxygen atoms in total. The topological polar surface area (TPSA) is 238 Å². The molecule has 3 aromatic rings. The quantitative estimate of drug-likeness (QED) is 0.159. The lowest BCUT2D eigenvalue weighted by Gasteiger charge is -2.45. The van der Waals surface area contributed by atoms with Crippen molar-refractivity contribution in [3.63, 3.8) is 0 Å². The SMILES string of the molecule is COc1c(OC2OC(CO)C(O)C(O)C2OC2OC(C)C(O)C(O)C2O)cc2oc(-c3ccc(O)cc3)cc(=O)c2c1O. The normalized spacial score (nSPS) is 32.9. The van der Waals surface area contributed by atoms with Crippen molar-refractivity contribution in [2.45, 2.75) is 68.3 Å².